The Balaban J connectivity index is 3.13. The molecule has 0 saturated heterocycles. The predicted molar refractivity (Wildman–Crippen MR) is 59.5 cm³/mol. The van der Waals surface area contributed by atoms with E-state index >= 15 is 0 Å². The average molecular weight is 240 g/mol. The molecule has 6 heteroatoms. The zero-order valence-electron chi connectivity index (χ0n) is 9.04. The number of benzene rings is 1. The Labute approximate surface area is 96.8 Å². The number of anilines is 1. The van der Waals surface area contributed by atoms with Crippen LogP contribution in [0.25, 0.3) is 0 Å². The molecule has 1 N–H and O–H groups in total. The van der Waals surface area contributed by atoms with Crippen molar-refractivity contribution in [3.05, 3.63) is 33.9 Å². The van der Waals surface area contributed by atoms with E-state index in [9.17, 15) is 18.9 Å². The van der Waals surface area contributed by atoms with Gasteiger partial charge in [-0.15, -0.1) is 12.3 Å². The van der Waals surface area contributed by atoms with Crippen molar-refractivity contribution in [2.24, 2.45) is 0 Å². The summed E-state index contributed by atoms with van der Waals surface area (Å²) in [6, 6.07) is 1.02. The maximum atomic E-state index is 13.2. The number of hydrogen-bond donors (Lipinski definition) is 1. The molecule has 1 unspecified atom stereocenters. The summed E-state index contributed by atoms with van der Waals surface area (Å²) < 4.78 is 26.2. The van der Waals surface area contributed by atoms with Crippen LogP contribution in [0.3, 0.4) is 0 Å². The van der Waals surface area contributed by atoms with Crippen LogP contribution in [0, 0.1) is 34.1 Å². The summed E-state index contributed by atoms with van der Waals surface area (Å²) in [5.41, 5.74) is -0.995. The minimum absolute atomic E-state index is 0.213. The number of rotatable bonds is 4. The average Bonchev–Trinajstić information content (AvgIpc) is 2.15. The number of nitrogens with one attached hydrogen (secondary N) is 1. The van der Waals surface area contributed by atoms with Gasteiger partial charge >= 0.3 is 5.69 Å². The van der Waals surface area contributed by atoms with Gasteiger partial charge in [0.15, 0.2) is 0 Å². The maximum absolute atomic E-state index is 13.2. The Kier molecular flexibility index (Phi) is 3.99. The molecule has 0 saturated carbocycles. The van der Waals surface area contributed by atoms with Crippen LogP contribution in [0.5, 0.6) is 0 Å². The lowest BCUT2D eigenvalue weighted by Gasteiger charge is -2.12. The number of halogens is 2. The van der Waals surface area contributed by atoms with E-state index < -0.39 is 22.2 Å². The van der Waals surface area contributed by atoms with Gasteiger partial charge in [-0.05, 0) is 6.92 Å². The Morgan fingerprint density at radius 3 is 2.76 bits per heavy atom. The predicted octanol–water partition coefficient (Wildman–Crippen LogP) is 2.70. The van der Waals surface area contributed by atoms with Crippen molar-refractivity contribution >= 4 is 11.4 Å². The molecule has 1 rings (SSSR count). The lowest BCUT2D eigenvalue weighted by molar-refractivity contribution is -0.386. The summed E-state index contributed by atoms with van der Waals surface area (Å²) in [5, 5.41) is 13.3. The lowest BCUT2D eigenvalue weighted by Crippen LogP contribution is -2.15. The summed E-state index contributed by atoms with van der Waals surface area (Å²) in [7, 11) is 0. The van der Waals surface area contributed by atoms with Gasteiger partial charge in [-0.1, -0.05) is 0 Å². The van der Waals surface area contributed by atoms with Gasteiger partial charge in [0.25, 0.3) is 0 Å². The smallest absolute Gasteiger partial charge is 0.327 e. The van der Waals surface area contributed by atoms with Gasteiger partial charge in [0.1, 0.15) is 11.5 Å². The number of terminal acetylenes is 1. The van der Waals surface area contributed by atoms with Gasteiger partial charge in [0, 0.05) is 24.6 Å². The lowest BCUT2D eigenvalue weighted by atomic mass is 10.2. The van der Waals surface area contributed by atoms with Crippen LogP contribution in [0.15, 0.2) is 12.1 Å². The summed E-state index contributed by atoms with van der Waals surface area (Å²) in [6.07, 6.45) is 5.36. The van der Waals surface area contributed by atoms with E-state index in [1.807, 2.05) is 0 Å². The van der Waals surface area contributed by atoms with E-state index in [0.29, 0.717) is 6.07 Å². The summed E-state index contributed by atoms with van der Waals surface area (Å²) in [6.45, 7) is 1.66. The fourth-order valence-corrected chi connectivity index (χ4v) is 1.35. The highest BCUT2D eigenvalue weighted by Crippen LogP contribution is 2.29. The van der Waals surface area contributed by atoms with Crippen molar-refractivity contribution in [3.8, 4) is 12.3 Å². The first-order valence-corrected chi connectivity index (χ1v) is 4.79. The highest BCUT2D eigenvalue weighted by molar-refractivity contribution is 5.62. The molecule has 0 spiro atoms. The SMILES string of the molecule is C#CCC(C)Nc1cc(F)cc(F)c1[N+](=O)[O-]. The monoisotopic (exact) mass is 240 g/mol. The molecule has 0 aliphatic rings. The molecule has 0 heterocycles. The minimum atomic E-state index is -1.22. The van der Waals surface area contributed by atoms with Crippen LogP contribution >= 0.6 is 0 Å². The number of nitrogens with zero attached hydrogens (tertiary/aromatic N) is 1. The molecule has 0 aliphatic carbocycles. The van der Waals surface area contributed by atoms with Crippen molar-refractivity contribution in [1.82, 2.24) is 0 Å². The van der Waals surface area contributed by atoms with E-state index in [1.54, 1.807) is 6.92 Å². The Morgan fingerprint density at radius 1 is 1.59 bits per heavy atom. The van der Waals surface area contributed by atoms with Crippen LogP contribution < -0.4 is 5.32 Å². The first-order valence-electron chi connectivity index (χ1n) is 4.79. The fraction of sp³-hybridized carbons (Fsp3) is 0.273. The quantitative estimate of drug-likeness (QED) is 0.500. The van der Waals surface area contributed by atoms with Crippen LogP contribution in [0.1, 0.15) is 13.3 Å². The highest BCUT2D eigenvalue weighted by Gasteiger charge is 2.22. The summed E-state index contributed by atoms with van der Waals surface area (Å²) >= 11 is 0. The standard InChI is InChI=1S/C11H10F2N2O2/c1-3-4-7(2)14-10-6-8(12)5-9(13)11(10)15(16)17/h1,5-7,14H,4H2,2H3. The topological polar surface area (TPSA) is 55.2 Å². The van der Waals surface area contributed by atoms with Crippen molar-refractivity contribution in [1.29, 1.82) is 0 Å². The second-order valence-electron chi connectivity index (χ2n) is 3.49. The summed E-state index contributed by atoms with van der Waals surface area (Å²) in [4.78, 5) is 9.75. The third kappa shape index (κ3) is 3.14. The van der Waals surface area contributed by atoms with Crippen molar-refractivity contribution in [2.75, 3.05) is 5.32 Å². The number of hydrogen-bond acceptors (Lipinski definition) is 3. The van der Waals surface area contributed by atoms with Crippen LogP contribution in [0.4, 0.5) is 20.2 Å². The van der Waals surface area contributed by atoms with E-state index in [0.717, 1.165) is 6.07 Å². The molecule has 1 aromatic carbocycles. The molecule has 0 aliphatic heterocycles. The Bertz CT molecular complexity index is 483. The second kappa shape index (κ2) is 5.25. The number of nitro benzene ring substituents is 1. The van der Waals surface area contributed by atoms with Crippen molar-refractivity contribution < 1.29 is 13.7 Å². The molecule has 4 nitrogen and oxygen atoms in total. The molecular weight excluding hydrogens is 230 g/mol. The molecule has 0 radical (unpaired) electrons. The fourth-order valence-electron chi connectivity index (χ4n) is 1.35. The van der Waals surface area contributed by atoms with Crippen molar-refractivity contribution in [2.45, 2.75) is 19.4 Å². The third-order valence-electron chi connectivity index (χ3n) is 2.04. The molecule has 0 amide bonds. The minimum Gasteiger partial charge on any atom is -0.376 e. The van der Waals surface area contributed by atoms with Crippen LogP contribution in [-0.4, -0.2) is 11.0 Å². The molecule has 1 atom stereocenters. The van der Waals surface area contributed by atoms with Gasteiger partial charge in [-0.25, -0.2) is 4.39 Å². The van der Waals surface area contributed by atoms with Gasteiger partial charge < -0.3 is 5.32 Å². The first kappa shape index (κ1) is 12.9. The zero-order valence-corrected chi connectivity index (χ0v) is 9.04. The van der Waals surface area contributed by atoms with Crippen molar-refractivity contribution in [3.63, 3.8) is 0 Å². The van der Waals surface area contributed by atoms with E-state index in [1.165, 1.54) is 0 Å². The van der Waals surface area contributed by atoms with Crippen LogP contribution in [0.2, 0.25) is 0 Å². The molecule has 0 aromatic heterocycles. The molecule has 90 valence electrons. The molecule has 0 bridgehead atoms. The van der Waals surface area contributed by atoms with E-state index in [4.69, 9.17) is 6.42 Å². The zero-order chi connectivity index (χ0) is 13.0. The Morgan fingerprint density at radius 2 is 2.24 bits per heavy atom. The maximum Gasteiger partial charge on any atom is 0.327 e. The highest BCUT2D eigenvalue weighted by atomic mass is 19.1. The first-order chi connectivity index (χ1) is 7.95. The van der Waals surface area contributed by atoms with Gasteiger partial charge in [-0.3, -0.25) is 10.1 Å². The molecule has 17 heavy (non-hydrogen) atoms. The van der Waals surface area contributed by atoms with Gasteiger partial charge in [-0.2, -0.15) is 4.39 Å². The molecular formula is C11H10F2N2O2. The molecule has 1 aromatic rings. The number of nitro groups is 1. The summed E-state index contributed by atoms with van der Waals surface area (Å²) in [5.74, 6) is 0.243. The van der Waals surface area contributed by atoms with Gasteiger partial charge in [0.05, 0.1) is 4.92 Å². The van der Waals surface area contributed by atoms with Crippen LogP contribution in [-0.2, 0) is 0 Å². The second-order valence-corrected chi connectivity index (χ2v) is 3.49. The largest absolute Gasteiger partial charge is 0.376 e. The Hall–Kier alpha value is -2.16. The van der Waals surface area contributed by atoms with E-state index in [-0.39, 0.29) is 18.2 Å². The molecule has 0 fully saturated rings. The van der Waals surface area contributed by atoms with E-state index in [2.05, 4.69) is 11.2 Å². The third-order valence-corrected chi connectivity index (χ3v) is 2.04. The van der Waals surface area contributed by atoms with Gasteiger partial charge in [0.2, 0.25) is 5.82 Å². The normalized spacial score (nSPS) is 11.6.